The van der Waals surface area contributed by atoms with Crippen LogP contribution in [0.2, 0.25) is 0 Å². The van der Waals surface area contributed by atoms with Crippen LogP contribution in [0, 0.1) is 5.92 Å². The van der Waals surface area contributed by atoms with E-state index in [1.807, 2.05) is 0 Å². The first-order valence-electron chi connectivity index (χ1n) is 7.05. The van der Waals surface area contributed by atoms with Gasteiger partial charge in [-0.2, -0.15) is 0 Å². The minimum atomic E-state index is -3.10. The molecule has 0 aromatic heterocycles. The molecule has 2 saturated heterocycles. The van der Waals surface area contributed by atoms with Gasteiger partial charge in [0.1, 0.15) is 0 Å². The van der Waals surface area contributed by atoms with E-state index < -0.39 is 32.7 Å². The zero-order chi connectivity index (χ0) is 15.2. The molecule has 1 aromatic rings. The highest BCUT2D eigenvalue weighted by Crippen LogP contribution is 2.42. The molecule has 0 N–H and O–H groups in total. The van der Waals surface area contributed by atoms with Gasteiger partial charge in [-0.15, -0.1) is 0 Å². The summed E-state index contributed by atoms with van der Waals surface area (Å²) in [6.07, 6.45) is -0.973. The molecule has 2 unspecified atom stereocenters. The number of benzene rings is 1. The maximum absolute atomic E-state index is 13.0. The molecule has 6 heteroatoms. The summed E-state index contributed by atoms with van der Waals surface area (Å²) in [5.41, 5.74) is -0.223. The maximum Gasteiger partial charge on any atom is 0.264 e. The third-order valence-corrected chi connectivity index (χ3v) is 7.38. The lowest BCUT2D eigenvalue weighted by Gasteiger charge is -2.27. The van der Waals surface area contributed by atoms with Crippen molar-refractivity contribution in [2.24, 2.45) is 5.92 Å². The first-order chi connectivity index (χ1) is 9.91. The van der Waals surface area contributed by atoms with Gasteiger partial charge in [-0.25, -0.2) is 17.2 Å². The first kappa shape index (κ1) is 14.6. The van der Waals surface area contributed by atoms with E-state index in [2.05, 4.69) is 0 Å². The molecule has 0 spiro atoms. The maximum atomic E-state index is 13.0. The Morgan fingerprint density at radius 2 is 1.67 bits per heavy atom. The fourth-order valence-corrected chi connectivity index (χ4v) is 6.03. The summed E-state index contributed by atoms with van der Waals surface area (Å²) in [5.74, 6) is -0.788. The van der Waals surface area contributed by atoms with Crippen LogP contribution in [0.4, 0.5) is 8.78 Å². The van der Waals surface area contributed by atoms with Crippen molar-refractivity contribution in [2.45, 2.75) is 42.6 Å². The van der Waals surface area contributed by atoms with Crippen LogP contribution in [0.25, 0.3) is 0 Å². The van der Waals surface area contributed by atoms with Crippen molar-refractivity contribution in [3.8, 4) is 0 Å². The molecule has 0 aliphatic carbocycles. The Bertz CT molecular complexity index is 649. The SMILES string of the molecule is O=C(c1ccccc1C(F)F)C1CC2CCC(C1)S2(=O)=O. The number of ketones is 1. The van der Waals surface area contributed by atoms with Crippen LogP contribution in [-0.4, -0.2) is 24.7 Å². The number of rotatable bonds is 3. The molecule has 21 heavy (non-hydrogen) atoms. The van der Waals surface area contributed by atoms with E-state index in [0.717, 1.165) is 0 Å². The van der Waals surface area contributed by atoms with E-state index in [0.29, 0.717) is 12.8 Å². The standard InChI is InChI=1S/C15H16F2O3S/c16-15(17)13-4-2-1-3-12(13)14(18)9-7-10-5-6-11(8-9)21(10,19)20/h1-4,9-11,15H,5-8H2. The number of fused-ring (bicyclic) bond motifs is 2. The molecular formula is C15H16F2O3S. The fourth-order valence-electron chi connectivity index (χ4n) is 3.55. The van der Waals surface area contributed by atoms with E-state index >= 15 is 0 Å². The number of alkyl halides is 2. The third-order valence-electron chi connectivity index (χ3n) is 4.67. The molecule has 1 aromatic carbocycles. The average Bonchev–Trinajstić information content (AvgIpc) is 2.66. The van der Waals surface area contributed by atoms with Crippen LogP contribution in [0.3, 0.4) is 0 Å². The van der Waals surface area contributed by atoms with Crippen LogP contribution in [0.5, 0.6) is 0 Å². The Balaban J connectivity index is 1.88. The minimum Gasteiger partial charge on any atom is -0.294 e. The van der Waals surface area contributed by atoms with Crippen molar-refractivity contribution in [2.75, 3.05) is 0 Å². The average molecular weight is 314 g/mol. The summed E-state index contributed by atoms with van der Waals surface area (Å²) < 4.78 is 50.0. The molecule has 0 saturated carbocycles. The van der Waals surface area contributed by atoms with Crippen LogP contribution >= 0.6 is 0 Å². The summed E-state index contributed by atoms with van der Waals surface area (Å²) in [4.78, 5) is 12.5. The number of carbonyl (C=O) groups is 1. The van der Waals surface area contributed by atoms with Gasteiger partial charge in [0.25, 0.3) is 6.43 Å². The van der Waals surface area contributed by atoms with Crippen molar-refractivity contribution in [1.82, 2.24) is 0 Å². The molecular weight excluding hydrogens is 298 g/mol. The predicted molar refractivity (Wildman–Crippen MR) is 74.2 cm³/mol. The van der Waals surface area contributed by atoms with E-state index in [1.54, 1.807) is 6.07 Å². The fraction of sp³-hybridized carbons (Fsp3) is 0.533. The zero-order valence-electron chi connectivity index (χ0n) is 11.3. The molecule has 2 aliphatic heterocycles. The lowest BCUT2D eigenvalue weighted by molar-refractivity contribution is 0.0892. The lowest BCUT2D eigenvalue weighted by Crippen LogP contribution is -2.36. The van der Waals surface area contributed by atoms with Gasteiger partial charge in [-0.3, -0.25) is 4.79 Å². The van der Waals surface area contributed by atoms with Crippen molar-refractivity contribution in [3.63, 3.8) is 0 Å². The van der Waals surface area contributed by atoms with Crippen molar-refractivity contribution >= 4 is 15.6 Å². The molecule has 2 atom stereocenters. The molecule has 114 valence electrons. The number of hydrogen-bond donors (Lipinski definition) is 0. The van der Waals surface area contributed by atoms with Crippen molar-refractivity contribution in [3.05, 3.63) is 35.4 Å². The summed E-state index contributed by atoms with van der Waals surface area (Å²) in [6.45, 7) is 0. The zero-order valence-corrected chi connectivity index (χ0v) is 12.2. The minimum absolute atomic E-state index is 0.0381. The Kier molecular flexibility index (Phi) is 3.59. The molecule has 2 aliphatic rings. The van der Waals surface area contributed by atoms with Gasteiger partial charge in [-0.05, 0) is 25.7 Å². The molecule has 0 radical (unpaired) electrons. The second-order valence-corrected chi connectivity index (χ2v) is 8.34. The van der Waals surface area contributed by atoms with Crippen LogP contribution in [0.15, 0.2) is 24.3 Å². The third kappa shape index (κ3) is 2.39. The van der Waals surface area contributed by atoms with Gasteiger partial charge in [-0.1, -0.05) is 24.3 Å². The monoisotopic (exact) mass is 314 g/mol. The van der Waals surface area contributed by atoms with E-state index in [1.165, 1.54) is 18.2 Å². The number of sulfone groups is 1. The molecule has 0 amide bonds. The Morgan fingerprint density at radius 3 is 2.24 bits per heavy atom. The topological polar surface area (TPSA) is 51.2 Å². The van der Waals surface area contributed by atoms with Crippen molar-refractivity contribution in [1.29, 1.82) is 0 Å². The second-order valence-electron chi connectivity index (χ2n) is 5.83. The highest BCUT2D eigenvalue weighted by Gasteiger charge is 2.48. The number of Topliss-reactive ketones (excluding diaryl/α,β-unsaturated/α-hetero) is 1. The molecule has 2 bridgehead atoms. The van der Waals surface area contributed by atoms with Crippen LogP contribution in [0.1, 0.15) is 48.0 Å². The first-order valence-corrected chi connectivity index (χ1v) is 8.66. The number of carbonyl (C=O) groups excluding carboxylic acids is 1. The lowest BCUT2D eigenvalue weighted by atomic mass is 9.88. The molecule has 3 nitrogen and oxygen atoms in total. The smallest absolute Gasteiger partial charge is 0.264 e. The summed E-state index contributed by atoms with van der Waals surface area (Å²) >= 11 is 0. The van der Waals surface area contributed by atoms with Crippen LogP contribution < -0.4 is 0 Å². The predicted octanol–water partition coefficient (Wildman–Crippen LogP) is 3.16. The van der Waals surface area contributed by atoms with E-state index in [4.69, 9.17) is 0 Å². The molecule has 2 heterocycles. The van der Waals surface area contributed by atoms with Crippen LogP contribution in [-0.2, 0) is 9.84 Å². The number of hydrogen-bond acceptors (Lipinski definition) is 3. The van der Waals surface area contributed by atoms with Gasteiger partial charge in [0, 0.05) is 17.0 Å². The Hall–Kier alpha value is -1.30. The van der Waals surface area contributed by atoms with Gasteiger partial charge in [0.05, 0.1) is 10.5 Å². The Morgan fingerprint density at radius 1 is 1.10 bits per heavy atom. The van der Waals surface area contributed by atoms with E-state index in [-0.39, 0.29) is 29.8 Å². The normalized spacial score (nSPS) is 30.5. The summed E-state index contributed by atoms with van der Waals surface area (Å²) in [5, 5.41) is -0.937. The van der Waals surface area contributed by atoms with Gasteiger partial charge < -0.3 is 0 Å². The summed E-state index contributed by atoms with van der Waals surface area (Å²) in [6, 6.07) is 5.71. The van der Waals surface area contributed by atoms with Gasteiger partial charge in [0.2, 0.25) is 0 Å². The van der Waals surface area contributed by atoms with Gasteiger partial charge in [0.15, 0.2) is 15.6 Å². The molecule has 3 rings (SSSR count). The summed E-state index contributed by atoms with van der Waals surface area (Å²) in [7, 11) is -3.10. The Labute approximate surface area is 122 Å². The largest absolute Gasteiger partial charge is 0.294 e. The van der Waals surface area contributed by atoms with Gasteiger partial charge >= 0.3 is 0 Å². The quantitative estimate of drug-likeness (QED) is 0.805. The molecule has 2 fully saturated rings. The highest BCUT2D eigenvalue weighted by molar-refractivity contribution is 7.93. The van der Waals surface area contributed by atoms with Crippen molar-refractivity contribution < 1.29 is 22.0 Å². The number of halogens is 2. The highest BCUT2D eigenvalue weighted by atomic mass is 32.2. The second kappa shape index (κ2) is 5.16. The van der Waals surface area contributed by atoms with E-state index in [9.17, 15) is 22.0 Å².